The Hall–Kier alpha value is -2.24. The Kier molecular flexibility index (Phi) is 5.74. The summed E-state index contributed by atoms with van der Waals surface area (Å²) in [7, 11) is 0. The second-order valence-electron chi connectivity index (χ2n) is 7.56. The standard InChI is InChI=1S/C23H26N4S/c1-16(2)23-24-13-18-14-27(12-11-22(18)26-23)15-19-5-4-6-21(25-19)17-7-9-20(28-3)10-8-17/h4-10,13,16H,11-12,14-15H2,1-3H3. The van der Waals surface area contributed by atoms with E-state index in [1.807, 2.05) is 6.20 Å². The van der Waals surface area contributed by atoms with Crippen molar-refractivity contribution in [2.24, 2.45) is 0 Å². The van der Waals surface area contributed by atoms with Crippen molar-refractivity contribution in [3.8, 4) is 11.3 Å². The molecule has 1 aliphatic heterocycles. The Bertz CT molecular complexity index is 953. The summed E-state index contributed by atoms with van der Waals surface area (Å²) in [5.41, 5.74) is 5.77. The number of rotatable bonds is 5. The number of hydrogen-bond acceptors (Lipinski definition) is 5. The molecule has 4 rings (SSSR count). The normalized spacial score (nSPS) is 14.3. The van der Waals surface area contributed by atoms with E-state index in [4.69, 9.17) is 9.97 Å². The van der Waals surface area contributed by atoms with Crippen LogP contribution in [0.5, 0.6) is 0 Å². The molecule has 0 aliphatic carbocycles. The smallest absolute Gasteiger partial charge is 0.131 e. The van der Waals surface area contributed by atoms with Gasteiger partial charge in [-0.3, -0.25) is 9.88 Å². The SMILES string of the molecule is CSc1ccc(-c2cccc(CN3CCc4nc(C(C)C)ncc4C3)n2)cc1. The summed E-state index contributed by atoms with van der Waals surface area (Å²) in [6.45, 7) is 7.04. The molecule has 1 aromatic carbocycles. The highest BCUT2D eigenvalue weighted by Gasteiger charge is 2.19. The Morgan fingerprint density at radius 2 is 1.89 bits per heavy atom. The number of aromatic nitrogens is 3. The predicted molar refractivity (Wildman–Crippen MR) is 115 cm³/mol. The lowest BCUT2D eigenvalue weighted by atomic mass is 10.1. The van der Waals surface area contributed by atoms with Crippen molar-refractivity contribution in [1.82, 2.24) is 19.9 Å². The largest absolute Gasteiger partial charge is 0.293 e. The van der Waals surface area contributed by atoms with E-state index >= 15 is 0 Å². The molecule has 0 N–H and O–H groups in total. The van der Waals surface area contributed by atoms with Crippen LogP contribution in [0.3, 0.4) is 0 Å². The molecule has 1 aliphatic rings. The first-order chi connectivity index (χ1) is 13.6. The van der Waals surface area contributed by atoms with E-state index < -0.39 is 0 Å². The van der Waals surface area contributed by atoms with E-state index in [0.29, 0.717) is 5.92 Å². The zero-order valence-electron chi connectivity index (χ0n) is 16.7. The van der Waals surface area contributed by atoms with E-state index in [1.165, 1.54) is 21.7 Å². The molecule has 0 atom stereocenters. The minimum absolute atomic E-state index is 0.375. The third kappa shape index (κ3) is 4.26. The van der Waals surface area contributed by atoms with Crippen molar-refractivity contribution >= 4 is 11.8 Å². The number of fused-ring (bicyclic) bond motifs is 1. The summed E-state index contributed by atoms with van der Waals surface area (Å²) >= 11 is 1.76. The first-order valence-corrected chi connectivity index (χ1v) is 11.0. The first kappa shape index (κ1) is 19.1. The summed E-state index contributed by atoms with van der Waals surface area (Å²) < 4.78 is 0. The summed E-state index contributed by atoms with van der Waals surface area (Å²) in [5.74, 6) is 1.33. The van der Waals surface area contributed by atoms with E-state index in [1.54, 1.807) is 11.8 Å². The van der Waals surface area contributed by atoms with Gasteiger partial charge < -0.3 is 0 Å². The van der Waals surface area contributed by atoms with E-state index in [-0.39, 0.29) is 0 Å². The van der Waals surface area contributed by atoms with Crippen LogP contribution in [0.25, 0.3) is 11.3 Å². The lowest BCUT2D eigenvalue weighted by Crippen LogP contribution is -2.31. The van der Waals surface area contributed by atoms with Crippen LogP contribution in [-0.4, -0.2) is 32.7 Å². The molecule has 3 aromatic rings. The predicted octanol–water partition coefficient (Wildman–Crippen LogP) is 4.94. The molecule has 0 amide bonds. The number of nitrogens with zero attached hydrogens (tertiary/aromatic N) is 4. The van der Waals surface area contributed by atoms with E-state index in [9.17, 15) is 0 Å². The maximum atomic E-state index is 4.91. The van der Waals surface area contributed by atoms with Gasteiger partial charge in [0.25, 0.3) is 0 Å². The molecule has 0 fully saturated rings. The van der Waals surface area contributed by atoms with Crippen LogP contribution in [-0.2, 0) is 19.5 Å². The lowest BCUT2D eigenvalue weighted by Gasteiger charge is -2.28. The molecule has 2 aromatic heterocycles. The van der Waals surface area contributed by atoms with Crippen LogP contribution in [0.2, 0.25) is 0 Å². The van der Waals surface area contributed by atoms with Crippen molar-refractivity contribution in [3.63, 3.8) is 0 Å². The lowest BCUT2D eigenvalue weighted by molar-refractivity contribution is 0.239. The number of thioether (sulfide) groups is 1. The highest BCUT2D eigenvalue weighted by Crippen LogP contribution is 2.23. The maximum Gasteiger partial charge on any atom is 0.131 e. The Balaban J connectivity index is 1.47. The van der Waals surface area contributed by atoms with Gasteiger partial charge in [0, 0.05) is 59.9 Å². The van der Waals surface area contributed by atoms with Crippen molar-refractivity contribution in [2.45, 2.75) is 44.2 Å². The van der Waals surface area contributed by atoms with Crippen molar-refractivity contribution in [3.05, 3.63) is 71.4 Å². The molecule has 144 valence electrons. The molecule has 4 nitrogen and oxygen atoms in total. The van der Waals surface area contributed by atoms with Gasteiger partial charge in [0.15, 0.2) is 0 Å². The van der Waals surface area contributed by atoms with Crippen molar-refractivity contribution < 1.29 is 0 Å². The molecule has 28 heavy (non-hydrogen) atoms. The second-order valence-corrected chi connectivity index (χ2v) is 8.44. The first-order valence-electron chi connectivity index (χ1n) is 9.80. The minimum Gasteiger partial charge on any atom is -0.293 e. The van der Waals surface area contributed by atoms with Gasteiger partial charge in [-0.2, -0.15) is 0 Å². The minimum atomic E-state index is 0.375. The van der Waals surface area contributed by atoms with Gasteiger partial charge in [0.2, 0.25) is 0 Å². The highest BCUT2D eigenvalue weighted by atomic mass is 32.2. The zero-order valence-corrected chi connectivity index (χ0v) is 17.5. The van der Waals surface area contributed by atoms with Gasteiger partial charge in [-0.1, -0.05) is 32.0 Å². The van der Waals surface area contributed by atoms with E-state index in [0.717, 1.165) is 43.3 Å². The van der Waals surface area contributed by atoms with E-state index in [2.05, 4.69) is 72.5 Å². The molecule has 0 radical (unpaired) electrons. The molecule has 0 saturated carbocycles. The van der Waals surface area contributed by atoms with Gasteiger partial charge in [0.05, 0.1) is 11.4 Å². The number of hydrogen-bond donors (Lipinski definition) is 0. The Morgan fingerprint density at radius 1 is 1.07 bits per heavy atom. The molecular formula is C23H26N4S. The third-order valence-corrected chi connectivity index (χ3v) is 5.87. The molecule has 0 unspecified atom stereocenters. The molecule has 5 heteroatoms. The fourth-order valence-electron chi connectivity index (χ4n) is 3.52. The Morgan fingerprint density at radius 3 is 2.64 bits per heavy atom. The molecular weight excluding hydrogens is 364 g/mol. The zero-order chi connectivity index (χ0) is 19.5. The van der Waals surface area contributed by atoms with Gasteiger partial charge in [0.1, 0.15) is 5.82 Å². The summed E-state index contributed by atoms with van der Waals surface area (Å²) in [6.07, 6.45) is 5.09. The number of pyridine rings is 1. The summed E-state index contributed by atoms with van der Waals surface area (Å²) in [5, 5.41) is 0. The van der Waals surface area contributed by atoms with Crippen LogP contribution in [0.4, 0.5) is 0 Å². The topological polar surface area (TPSA) is 41.9 Å². The van der Waals surface area contributed by atoms with Gasteiger partial charge in [-0.15, -0.1) is 11.8 Å². The van der Waals surface area contributed by atoms with Crippen molar-refractivity contribution in [2.75, 3.05) is 12.8 Å². The molecule has 0 bridgehead atoms. The van der Waals surface area contributed by atoms with Crippen LogP contribution in [0.1, 0.15) is 42.5 Å². The molecule has 0 saturated heterocycles. The molecule has 0 spiro atoms. The maximum absolute atomic E-state index is 4.91. The fraction of sp³-hybridized carbons (Fsp3) is 0.348. The average Bonchev–Trinajstić information content (AvgIpc) is 2.73. The van der Waals surface area contributed by atoms with Crippen LogP contribution < -0.4 is 0 Å². The van der Waals surface area contributed by atoms with Crippen LogP contribution in [0, 0.1) is 0 Å². The van der Waals surface area contributed by atoms with Gasteiger partial charge >= 0.3 is 0 Å². The second kappa shape index (κ2) is 8.41. The Labute approximate surface area is 171 Å². The highest BCUT2D eigenvalue weighted by molar-refractivity contribution is 7.98. The summed E-state index contributed by atoms with van der Waals surface area (Å²) in [6, 6.07) is 14.9. The number of benzene rings is 1. The third-order valence-electron chi connectivity index (χ3n) is 5.13. The van der Waals surface area contributed by atoms with Gasteiger partial charge in [-0.05, 0) is 30.5 Å². The van der Waals surface area contributed by atoms with Crippen LogP contribution in [0.15, 0.2) is 53.6 Å². The molecule has 3 heterocycles. The van der Waals surface area contributed by atoms with Gasteiger partial charge in [-0.25, -0.2) is 9.97 Å². The fourth-order valence-corrected chi connectivity index (χ4v) is 3.93. The quantitative estimate of drug-likeness (QED) is 0.577. The monoisotopic (exact) mass is 390 g/mol. The average molecular weight is 391 g/mol. The van der Waals surface area contributed by atoms with Crippen LogP contribution >= 0.6 is 11.8 Å². The van der Waals surface area contributed by atoms with Crippen molar-refractivity contribution in [1.29, 1.82) is 0 Å². The summed E-state index contributed by atoms with van der Waals surface area (Å²) in [4.78, 5) is 17.9.